The van der Waals surface area contributed by atoms with E-state index in [-0.39, 0.29) is 10.5 Å². The fourth-order valence-electron chi connectivity index (χ4n) is 1.61. The summed E-state index contributed by atoms with van der Waals surface area (Å²) in [5, 5.41) is 0. The average molecular weight is 237 g/mol. The van der Waals surface area contributed by atoms with Crippen molar-refractivity contribution in [3.05, 3.63) is 0 Å². The molecule has 0 saturated heterocycles. The summed E-state index contributed by atoms with van der Waals surface area (Å²) < 4.78 is 25.7. The first kappa shape index (κ1) is 12.3. The summed E-state index contributed by atoms with van der Waals surface area (Å²) in [7, 11) is -3.01. The Balaban J connectivity index is 2.39. The van der Waals surface area contributed by atoms with Crippen LogP contribution in [0, 0.1) is 0 Å². The van der Waals surface area contributed by atoms with Gasteiger partial charge < -0.3 is 0 Å². The molecule has 0 bridgehead atoms. The van der Waals surface area contributed by atoms with E-state index in [0.29, 0.717) is 13.0 Å². The van der Waals surface area contributed by atoms with E-state index in [4.69, 9.17) is 0 Å². The topological polar surface area (TPSA) is 46.2 Å². The largest absolute Gasteiger partial charge is 0.214 e. The van der Waals surface area contributed by atoms with Crippen LogP contribution in [0.25, 0.3) is 0 Å². The molecule has 0 aromatic heterocycles. The molecule has 1 aliphatic carbocycles. The number of hydrogen-bond acceptors (Lipinski definition) is 3. The number of nitrogens with one attached hydrogen (secondary N) is 1. The molecular weight excluding hydrogens is 218 g/mol. The molecule has 5 heteroatoms. The maximum Gasteiger partial charge on any atom is 0.211 e. The van der Waals surface area contributed by atoms with Gasteiger partial charge in [0.15, 0.2) is 0 Å². The summed E-state index contributed by atoms with van der Waals surface area (Å²) in [4.78, 5) is 0. The van der Waals surface area contributed by atoms with Crippen LogP contribution in [0.2, 0.25) is 0 Å². The van der Waals surface area contributed by atoms with E-state index >= 15 is 0 Å². The Morgan fingerprint density at radius 3 is 2.43 bits per heavy atom. The van der Waals surface area contributed by atoms with Crippen LogP contribution in [0.3, 0.4) is 0 Å². The predicted octanol–water partition coefficient (Wildman–Crippen LogP) is 1.60. The minimum Gasteiger partial charge on any atom is -0.214 e. The van der Waals surface area contributed by atoms with Gasteiger partial charge in [0, 0.05) is 11.3 Å². The van der Waals surface area contributed by atoms with Crippen molar-refractivity contribution in [3.63, 3.8) is 0 Å². The van der Waals surface area contributed by atoms with E-state index in [2.05, 4.69) is 11.0 Å². The van der Waals surface area contributed by atoms with Gasteiger partial charge in [-0.25, -0.2) is 13.1 Å². The Kier molecular flexibility index (Phi) is 4.28. The average Bonchev–Trinajstić information content (AvgIpc) is 2.03. The Bertz CT molecular complexity index is 265. The Morgan fingerprint density at radius 1 is 1.43 bits per heavy atom. The van der Waals surface area contributed by atoms with Gasteiger partial charge >= 0.3 is 0 Å². The highest BCUT2D eigenvalue weighted by Gasteiger charge is 2.36. The molecule has 0 aliphatic heterocycles. The van der Waals surface area contributed by atoms with Crippen molar-refractivity contribution in [1.82, 2.24) is 4.72 Å². The summed E-state index contributed by atoms with van der Waals surface area (Å²) in [6, 6.07) is 0. The maximum atomic E-state index is 11.4. The van der Waals surface area contributed by atoms with Gasteiger partial charge in [0.05, 0.1) is 5.75 Å². The molecule has 0 spiro atoms. The van der Waals surface area contributed by atoms with Crippen molar-refractivity contribution in [2.75, 3.05) is 18.6 Å². The van der Waals surface area contributed by atoms with Gasteiger partial charge in [-0.2, -0.15) is 11.8 Å². The molecule has 0 aromatic carbocycles. The summed E-state index contributed by atoms with van der Waals surface area (Å²) in [5.41, 5.74) is 0. The van der Waals surface area contributed by atoms with E-state index in [0.717, 1.165) is 12.8 Å². The van der Waals surface area contributed by atoms with Crippen molar-refractivity contribution in [1.29, 1.82) is 0 Å². The molecule has 1 rings (SSSR count). The molecule has 0 atom stereocenters. The minimum atomic E-state index is -3.01. The Labute approximate surface area is 91.1 Å². The third-order valence-electron chi connectivity index (χ3n) is 2.78. The molecule has 14 heavy (non-hydrogen) atoms. The second-order valence-electron chi connectivity index (χ2n) is 3.88. The molecule has 0 amide bonds. The molecule has 1 N–H and O–H groups in total. The first-order valence-corrected chi connectivity index (χ1v) is 7.94. The summed E-state index contributed by atoms with van der Waals surface area (Å²) in [5.74, 6) is 0.247. The first-order valence-electron chi connectivity index (χ1n) is 5.06. The van der Waals surface area contributed by atoms with E-state index < -0.39 is 10.0 Å². The van der Waals surface area contributed by atoms with Crippen LogP contribution < -0.4 is 4.72 Å². The fraction of sp³-hybridized carbons (Fsp3) is 1.00. The van der Waals surface area contributed by atoms with Crippen LogP contribution in [0.15, 0.2) is 0 Å². The highest BCUT2D eigenvalue weighted by Crippen LogP contribution is 2.42. The second kappa shape index (κ2) is 4.86. The van der Waals surface area contributed by atoms with Gasteiger partial charge in [0.2, 0.25) is 10.0 Å². The van der Waals surface area contributed by atoms with Gasteiger partial charge in [-0.3, -0.25) is 0 Å². The van der Waals surface area contributed by atoms with Gasteiger partial charge in [-0.1, -0.05) is 13.3 Å². The third-order valence-corrected chi connectivity index (χ3v) is 5.73. The van der Waals surface area contributed by atoms with Crippen molar-refractivity contribution in [3.8, 4) is 0 Å². The molecule has 1 saturated carbocycles. The van der Waals surface area contributed by atoms with Crippen LogP contribution in [-0.2, 0) is 10.0 Å². The number of hydrogen-bond donors (Lipinski definition) is 1. The Morgan fingerprint density at radius 2 is 2.07 bits per heavy atom. The van der Waals surface area contributed by atoms with Crippen molar-refractivity contribution in [2.45, 2.75) is 37.4 Å². The van der Waals surface area contributed by atoms with Crippen LogP contribution in [0.4, 0.5) is 0 Å². The quantitative estimate of drug-likeness (QED) is 0.763. The lowest BCUT2D eigenvalue weighted by molar-refractivity contribution is 0.362. The fourth-order valence-corrected chi connectivity index (χ4v) is 3.79. The zero-order chi connectivity index (χ0) is 10.7. The first-order chi connectivity index (χ1) is 6.54. The molecule has 0 radical (unpaired) electrons. The van der Waals surface area contributed by atoms with Crippen LogP contribution in [-0.4, -0.2) is 31.7 Å². The van der Waals surface area contributed by atoms with E-state index in [9.17, 15) is 8.42 Å². The van der Waals surface area contributed by atoms with E-state index in [1.165, 1.54) is 6.42 Å². The van der Waals surface area contributed by atoms with Crippen molar-refractivity contribution < 1.29 is 8.42 Å². The van der Waals surface area contributed by atoms with Crippen molar-refractivity contribution in [2.24, 2.45) is 0 Å². The zero-order valence-corrected chi connectivity index (χ0v) is 10.5. The SMILES string of the molecule is CCCS(=O)(=O)NCC1(SC)CCC1. The number of thioether (sulfide) groups is 1. The monoisotopic (exact) mass is 237 g/mol. The number of rotatable bonds is 6. The summed E-state index contributed by atoms with van der Waals surface area (Å²) >= 11 is 1.79. The maximum absolute atomic E-state index is 11.4. The lowest BCUT2D eigenvalue weighted by Gasteiger charge is -2.40. The molecule has 84 valence electrons. The lowest BCUT2D eigenvalue weighted by Crippen LogP contribution is -2.45. The standard InChI is InChI=1S/C9H19NO2S2/c1-3-7-14(11,12)10-8-9(13-2)5-4-6-9/h10H,3-8H2,1-2H3. The Hall–Kier alpha value is 0.260. The highest BCUT2D eigenvalue weighted by molar-refractivity contribution is 8.00. The number of sulfonamides is 1. The highest BCUT2D eigenvalue weighted by atomic mass is 32.2. The smallest absolute Gasteiger partial charge is 0.211 e. The summed E-state index contributed by atoms with van der Waals surface area (Å²) in [6.07, 6.45) is 6.26. The molecule has 0 aromatic rings. The lowest BCUT2D eigenvalue weighted by atomic mass is 9.84. The van der Waals surface area contributed by atoms with Crippen LogP contribution in [0.5, 0.6) is 0 Å². The van der Waals surface area contributed by atoms with Gasteiger partial charge in [0.1, 0.15) is 0 Å². The molecule has 0 heterocycles. The van der Waals surface area contributed by atoms with E-state index in [1.54, 1.807) is 11.8 Å². The van der Waals surface area contributed by atoms with Crippen LogP contribution >= 0.6 is 11.8 Å². The third kappa shape index (κ3) is 3.14. The van der Waals surface area contributed by atoms with Crippen molar-refractivity contribution >= 4 is 21.8 Å². The normalized spacial score (nSPS) is 20.4. The zero-order valence-electron chi connectivity index (χ0n) is 8.88. The summed E-state index contributed by atoms with van der Waals surface area (Å²) in [6.45, 7) is 2.49. The molecular formula is C9H19NO2S2. The molecule has 3 nitrogen and oxygen atoms in total. The van der Waals surface area contributed by atoms with Crippen LogP contribution in [0.1, 0.15) is 32.6 Å². The molecule has 1 aliphatic rings. The minimum absolute atomic E-state index is 0.195. The van der Waals surface area contributed by atoms with Gasteiger partial charge in [0.25, 0.3) is 0 Å². The van der Waals surface area contributed by atoms with Gasteiger partial charge in [-0.05, 0) is 25.5 Å². The molecule has 1 fully saturated rings. The molecule has 0 unspecified atom stereocenters. The van der Waals surface area contributed by atoms with E-state index in [1.807, 2.05) is 6.92 Å². The second-order valence-corrected chi connectivity index (χ2v) is 7.08. The van der Waals surface area contributed by atoms with Gasteiger partial charge in [-0.15, -0.1) is 0 Å². The predicted molar refractivity (Wildman–Crippen MR) is 62.2 cm³/mol.